The highest BCUT2D eigenvalue weighted by atomic mass is 16.4. The topological polar surface area (TPSA) is 54.4 Å². The fourth-order valence-corrected chi connectivity index (χ4v) is 4.95. The van der Waals surface area contributed by atoms with Crippen molar-refractivity contribution >= 4 is 11.8 Å². The molecule has 0 unspecified atom stereocenters. The van der Waals surface area contributed by atoms with Crippen LogP contribution < -0.4 is 0 Å². The maximum Gasteiger partial charge on any atom is 0.372 e. The van der Waals surface area contributed by atoms with Crippen LogP contribution in [-0.2, 0) is 9.59 Å². The zero-order chi connectivity index (χ0) is 16.9. The molecule has 0 radical (unpaired) electrons. The number of hydrogen-bond acceptors (Lipinski definition) is 2. The lowest BCUT2D eigenvalue weighted by atomic mass is 9.44. The molecule has 21 heavy (non-hydrogen) atoms. The van der Waals surface area contributed by atoms with Gasteiger partial charge in [-0.15, -0.1) is 0 Å². The Kier molecular flexibility index (Phi) is 7.11. The number of carboxylic acid groups (broad SMARTS) is 1. The van der Waals surface area contributed by atoms with Crippen LogP contribution in [0.1, 0.15) is 87.0 Å². The number of aliphatic carboxylic acids is 1. The average Bonchev–Trinajstić information content (AvgIpc) is 2.51. The lowest BCUT2D eigenvalue weighted by Crippen LogP contribution is -2.56. The number of carbonyl (C=O) groups excluding carboxylic acids is 1. The second kappa shape index (κ2) is 7.42. The van der Waals surface area contributed by atoms with Crippen molar-refractivity contribution < 1.29 is 14.7 Å². The van der Waals surface area contributed by atoms with Crippen molar-refractivity contribution in [1.29, 1.82) is 0 Å². The molecule has 3 heteroatoms. The van der Waals surface area contributed by atoms with E-state index in [1.54, 1.807) is 0 Å². The molecule has 0 aromatic carbocycles. The van der Waals surface area contributed by atoms with Gasteiger partial charge in [0.15, 0.2) is 0 Å². The summed E-state index contributed by atoms with van der Waals surface area (Å²) in [6, 6.07) is 0. The van der Waals surface area contributed by atoms with Crippen LogP contribution >= 0.6 is 0 Å². The highest BCUT2D eigenvalue weighted by molar-refractivity contribution is 6.35. The van der Waals surface area contributed by atoms with E-state index in [9.17, 15) is 14.7 Å². The zero-order valence-corrected chi connectivity index (χ0v) is 15.0. The summed E-state index contributed by atoms with van der Waals surface area (Å²) in [4.78, 5) is 24.2. The predicted octanol–water partition coefficient (Wildman–Crippen LogP) is 5.08. The number of hydrogen-bond donors (Lipinski definition) is 1. The lowest BCUT2D eigenvalue weighted by molar-refractivity contribution is -0.169. The normalized spacial score (nSPS) is 13.3. The summed E-state index contributed by atoms with van der Waals surface area (Å²) in [5.41, 5.74) is -1.08. The minimum absolute atomic E-state index is 0.0341. The molecule has 3 nitrogen and oxygen atoms in total. The first-order valence-corrected chi connectivity index (χ1v) is 8.50. The first kappa shape index (κ1) is 20.1. The molecular weight excluding hydrogens is 264 g/mol. The van der Waals surface area contributed by atoms with E-state index < -0.39 is 17.2 Å². The molecule has 0 aliphatic rings. The van der Waals surface area contributed by atoms with Gasteiger partial charge in [0.05, 0.1) is 0 Å². The molecule has 0 aliphatic carbocycles. The molecule has 0 aliphatic heterocycles. The Morgan fingerprint density at radius 2 is 1.14 bits per heavy atom. The highest BCUT2D eigenvalue weighted by Crippen LogP contribution is 2.62. The molecule has 0 aromatic rings. The summed E-state index contributed by atoms with van der Waals surface area (Å²) in [6.45, 7) is 14.7. The van der Waals surface area contributed by atoms with Gasteiger partial charge in [0.25, 0.3) is 0 Å². The van der Waals surface area contributed by atoms with E-state index >= 15 is 0 Å². The molecule has 0 aromatic heterocycles. The van der Waals surface area contributed by atoms with Gasteiger partial charge in [-0.3, -0.25) is 4.79 Å². The van der Waals surface area contributed by atoms with Crippen molar-refractivity contribution in [3.8, 4) is 0 Å². The maximum absolute atomic E-state index is 12.7. The van der Waals surface area contributed by atoms with Crippen molar-refractivity contribution in [3.63, 3.8) is 0 Å². The minimum atomic E-state index is -1.28. The van der Waals surface area contributed by atoms with E-state index in [4.69, 9.17) is 0 Å². The first-order valence-electron chi connectivity index (χ1n) is 8.50. The summed E-state index contributed by atoms with van der Waals surface area (Å²) in [7, 11) is 0. The molecular formula is C18H34O3. The van der Waals surface area contributed by atoms with Crippen LogP contribution in [0.15, 0.2) is 0 Å². The number of carbonyl (C=O) groups is 2. The predicted molar refractivity (Wildman–Crippen MR) is 87.4 cm³/mol. The van der Waals surface area contributed by atoms with Crippen LogP contribution in [0.3, 0.4) is 0 Å². The van der Waals surface area contributed by atoms with Gasteiger partial charge in [-0.1, -0.05) is 61.3 Å². The van der Waals surface area contributed by atoms with Gasteiger partial charge >= 0.3 is 5.97 Å². The molecule has 0 atom stereocenters. The maximum atomic E-state index is 12.7. The molecule has 0 bridgehead atoms. The fraction of sp³-hybridized carbons (Fsp3) is 0.889. The van der Waals surface area contributed by atoms with Crippen LogP contribution in [-0.4, -0.2) is 16.9 Å². The molecule has 0 saturated carbocycles. The summed E-state index contributed by atoms with van der Waals surface area (Å²) in [5.74, 6) is -1.87. The van der Waals surface area contributed by atoms with Crippen molar-refractivity contribution in [2.75, 3.05) is 0 Å². The molecule has 0 rings (SSSR count). The van der Waals surface area contributed by atoms with Gasteiger partial charge in [-0.25, -0.2) is 4.79 Å². The van der Waals surface area contributed by atoms with Gasteiger partial charge in [0.1, 0.15) is 0 Å². The van der Waals surface area contributed by atoms with Crippen molar-refractivity contribution in [3.05, 3.63) is 0 Å². The highest BCUT2D eigenvalue weighted by Gasteiger charge is 2.60. The minimum Gasteiger partial charge on any atom is -0.475 e. The van der Waals surface area contributed by atoms with E-state index in [-0.39, 0.29) is 10.8 Å². The smallest absolute Gasteiger partial charge is 0.372 e. The number of Topliss-reactive ketones (excluding diaryl/α,β-unsaturated/α-hetero) is 1. The monoisotopic (exact) mass is 298 g/mol. The fourth-order valence-electron chi connectivity index (χ4n) is 4.95. The number of rotatable bonds is 10. The van der Waals surface area contributed by atoms with E-state index in [2.05, 4.69) is 34.6 Å². The van der Waals surface area contributed by atoms with E-state index in [0.717, 1.165) is 25.7 Å². The largest absolute Gasteiger partial charge is 0.475 e. The molecule has 0 fully saturated rings. The van der Waals surface area contributed by atoms with Crippen molar-refractivity contribution in [2.45, 2.75) is 87.0 Å². The summed E-state index contributed by atoms with van der Waals surface area (Å²) in [6.07, 6.45) is 4.77. The zero-order valence-electron chi connectivity index (χ0n) is 15.0. The quantitative estimate of drug-likeness (QED) is 0.572. The Hall–Kier alpha value is -0.860. The molecule has 0 spiro atoms. The third kappa shape index (κ3) is 2.76. The molecule has 0 saturated heterocycles. The van der Waals surface area contributed by atoms with Gasteiger partial charge < -0.3 is 5.11 Å². The number of carboxylic acids is 1. The summed E-state index contributed by atoms with van der Waals surface area (Å²) >= 11 is 0. The Morgan fingerprint density at radius 1 is 0.762 bits per heavy atom. The van der Waals surface area contributed by atoms with Crippen LogP contribution in [0, 0.1) is 16.2 Å². The van der Waals surface area contributed by atoms with Crippen LogP contribution in [0.4, 0.5) is 0 Å². The molecule has 1 N–H and O–H groups in total. The first-order chi connectivity index (χ1) is 9.72. The standard InChI is InChI=1S/C18H34O3/c1-8-16(7,9-2)18(12-5,13-6)17(10-3,11-4)14(19)15(20)21/h8-13H2,1-7H3,(H,20,21). The van der Waals surface area contributed by atoms with Crippen molar-refractivity contribution in [1.82, 2.24) is 0 Å². The van der Waals surface area contributed by atoms with E-state index in [0.29, 0.717) is 12.8 Å². The van der Waals surface area contributed by atoms with E-state index in [1.807, 2.05) is 13.8 Å². The van der Waals surface area contributed by atoms with Gasteiger partial charge in [-0.05, 0) is 36.5 Å². The van der Waals surface area contributed by atoms with Crippen LogP contribution in [0.2, 0.25) is 0 Å². The molecule has 0 heterocycles. The van der Waals surface area contributed by atoms with Crippen molar-refractivity contribution in [2.24, 2.45) is 16.2 Å². The van der Waals surface area contributed by atoms with Crippen LogP contribution in [0.25, 0.3) is 0 Å². The Balaban J connectivity index is 6.47. The Labute approximate surface area is 130 Å². The third-order valence-corrected chi connectivity index (χ3v) is 6.68. The SMILES string of the molecule is CCC(C)(CC)C(CC)(CC)C(CC)(CC)C(=O)C(=O)O. The van der Waals surface area contributed by atoms with Gasteiger partial charge in [-0.2, -0.15) is 0 Å². The molecule has 124 valence electrons. The Morgan fingerprint density at radius 3 is 1.33 bits per heavy atom. The van der Waals surface area contributed by atoms with E-state index in [1.165, 1.54) is 0 Å². The second-order valence-electron chi connectivity index (χ2n) is 6.48. The average molecular weight is 298 g/mol. The summed E-state index contributed by atoms with van der Waals surface area (Å²) in [5, 5.41) is 9.40. The lowest BCUT2D eigenvalue weighted by Gasteiger charge is -2.58. The molecule has 0 amide bonds. The van der Waals surface area contributed by atoms with Gasteiger partial charge in [0, 0.05) is 5.41 Å². The van der Waals surface area contributed by atoms with Gasteiger partial charge in [0.2, 0.25) is 5.78 Å². The number of ketones is 1. The third-order valence-electron chi connectivity index (χ3n) is 6.68. The summed E-state index contributed by atoms with van der Waals surface area (Å²) < 4.78 is 0. The Bertz CT molecular complexity index is 359. The van der Waals surface area contributed by atoms with Crippen LogP contribution in [0.5, 0.6) is 0 Å². The second-order valence-corrected chi connectivity index (χ2v) is 6.48.